The van der Waals surface area contributed by atoms with Crippen LogP contribution in [-0.2, 0) is 4.79 Å². The number of amides is 1. The van der Waals surface area contributed by atoms with Gasteiger partial charge in [0.05, 0.1) is 11.8 Å². The van der Waals surface area contributed by atoms with Crippen molar-refractivity contribution in [1.29, 1.82) is 0 Å². The number of pyridine rings is 1. The number of thioether (sulfide) groups is 1. The molecule has 1 unspecified atom stereocenters. The Morgan fingerprint density at radius 3 is 2.65 bits per heavy atom. The van der Waals surface area contributed by atoms with E-state index in [9.17, 15) is 4.79 Å². The molecule has 6 nitrogen and oxygen atoms in total. The van der Waals surface area contributed by atoms with E-state index in [1.165, 1.54) is 11.8 Å². The van der Waals surface area contributed by atoms with Crippen molar-refractivity contribution in [3.63, 3.8) is 0 Å². The number of carbonyl (C=O) groups is 1. The number of carbonyl (C=O) groups excluding carboxylic acids is 1. The molecule has 0 aliphatic heterocycles. The van der Waals surface area contributed by atoms with Gasteiger partial charge in [-0.2, -0.15) is 0 Å². The quantitative estimate of drug-likeness (QED) is 0.538. The summed E-state index contributed by atoms with van der Waals surface area (Å²) >= 11 is 1.33. The summed E-state index contributed by atoms with van der Waals surface area (Å²) in [7, 11) is 0. The lowest BCUT2D eigenvalue weighted by Gasteiger charge is -2.13. The summed E-state index contributed by atoms with van der Waals surface area (Å²) in [6.45, 7) is 2.02. The molecule has 1 aromatic carbocycles. The van der Waals surface area contributed by atoms with Crippen LogP contribution in [0, 0.1) is 12.3 Å². The van der Waals surface area contributed by atoms with Crippen LogP contribution in [0.1, 0.15) is 6.92 Å². The molecule has 0 fully saturated rings. The number of benzene rings is 1. The monoisotopic (exact) mass is 363 g/mol. The molecule has 0 saturated heterocycles. The summed E-state index contributed by atoms with van der Waals surface area (Å²) in [5.74, 6) is 2.95. The summed E-state index contributed by atoms with van der Waals surface area (Å²) in [6.07, 6.45) is 8.62. The largest absolute Gasteiger partial charge is 0.344 e. The molecule has 26 heavy (non-hydrogen) atoms. The van der Waals surface area contributed by atoms with Crippen molar-refractivity contribution in [1.82, 2.24) is 25.1 Å². The normalized spacial score (nSPS) is 11.5. The molecule has 0 bridgehead atoms. The maximum atomic E-state index is 12.1. The molecule has 0 spiro atoms. The lowest BCUT2D eigenvalue weighted by Crippen LogP contribution is -2.31. The van der Waals surface area contributed by atoms with E-state index in [0.717, 1.165) is 11.3 Å². The smallest absolute Gasteiger partial charge is 0.234 e. The van der Waals surface area contributed by atoms with Crippen LogP contribution >= 0.6 is 11.8 Å². The zero-order valence-corrected chi connectivity index (χ0v) is 15.0. The van der Waals surface area contributed by atoms with Crippen molar-refractivity contribution >= 4 is 17.7 Å². The Balaban J connectivity index is 1.97. The number of aromatic nitrogens is 4. The fourth-order valence-corrected chi connectivity index (χ4v) is 3.23. The molecule has 0 aliphatic carbocycles. The fraction of sp³-hybridized carbons (Fsp3) is 0.158. The third-order valence-electron chi connectivity index (χ3n) is 3.60. The zero-order valence-electron chi connectivity index (χ0n) is 14.2. The van der Waals surface area contributed by atoms with Gasteiger partial charge in [-0.05, 0) is 31.2 Å². The Morgan fingerprint density at radius 1 is 1.23 bits per heavy atom. The van der Waals surface area contributed by atoms with Gasteiger partial charge >= 0.3 is 0 Å². The van der Waals surface area contributed by atoms with Gasteiger partial charge in [0.2, 0.25) is 5.91 Å². The highest BCUT2D eigenvalue weighted by Crippen LogP contribution is 2.29. The highest BCUT2D eigenvalue weighted by Gasteiger charge is 2.21. The predicted molar refractivity (Wildman–Crippen MR) is 102 cm³/mol. The minimum absolute atomic E-state index is 0.138. The molecule has 0 aliphatic rings. The fourth-order valence-electron chi connectivity index (χ4n) is 2.34. The first-order valence-electron chi connectivity index (χ1n) is 7.99. The lowest BCUT2D eigenvalue weighted by molar-refractivity contribution is -0.120. The van der Waals surface area contributed by atoms with Crippen LogP contribution in [0.15, 0.2) is 60.0 Å². The van der Waals surface area contributed by atoms with Crippen LogP contribution < -0.4 is 5.32 Å². The van der Waals surface area contributed by atoms with Crippen molar-refractivity contribution in [3.8, 4) is 29.4 Å². The first-order chi connectivity index (χ1) is 12.7. The van der Waals surface area contributed by atoms with Gasteiger partial charge < -0.3 is 5.32 Å². The zero-order chi connectivity index (χ0) is 18.4. The minimum Gasteiger partial charge on any atom is -0.344 e. The maximum absolute atomic E-state index is 12.1. The molecule has 3 rings (SSSR count). The van der Waals surface area contributed by atoms with Gasteiger partial charge in [0.15, 0.2) is 11.0 Å². The number of hydrogen-bond acceptors (Lipinski definition) is 5. The molecule has 2 heterocycles. The van der Waals surface area contributed by atoms with Gasteiger partial charge in [-0.3, -0.25) is 14.3 Å². The standard InChI is InChI=1S/C19H17N5OS/c1-3-11-21-18(25)14(2)26-19-23-22-17(15-9-12-20-13-10-15)24(19)16-7-5-4-6-8-16/h1,4-10,12-14H,11H2,2H3,(H,21,25). The molecular weight excluding hydrogens is 346 g/mol. The highest BCUT2D eigenvalue weighted by molar-refractivity contribution is 8.00. The average Bonchev–Trinajstić information content (AvgIpc) is 3.10. The van der Waals surface area contributed by atoms with Crippen molar-refractivity contribution in [2.45, 2.75) is 17.3 Å². The Morgan fingerprint density at radius 2 is 1.96 bits per heavy atom. The average molecular weight is 363 g/mol. The van der Waals surface area contributed by atoms with Gasteiger partial charge in [0, 0.05) is 23.6 Å². The molecule has 3 aromatic rings. The highest BCUT2D eigenvalue weighted by atomic mass is 32.2. The van der Waals surface area contributed by atoms with E-state index >= 15 is 0 Å². The second kappa shape index (κ2) is 8.32. The van der Waals surface area contributed by atoms with Gasteiger partial charge in [-0.1, -0.05) is 35.9 Å². The van der Waals surface area contributed by atoms with Crippen molar-refractivity contribution in [3.05, 3.63) is 54.9 Å². The number of nitrogens with zero attached hydrogens (tertiary/aromatic N) is 4. The first-order valence-corrected chi connectivity index (χ1v) is 8.87. The van der Waals surface area contributed by atoms with Gasteiger partial charge in [-0.15, -0.1) is 16.6 Å². The third-order valence-corrected chi connectivity index (χ3v) is 4.65. The van der Waals surface area contributed by atoms with E-state index < -0.39 is 0 Å². The van der Waals surface area contributed by atoms with E-state index in [1.807, 2.05) is 54.0 Å². The van der Waals surface area contributed by atoms with E-state index in [2.05, 4.69) is 26.4 Å². The molecule has 2 aromatic heterocycles. The van der Waals surface area contributed by atoms with Crippen molar-refractivity contribution < 1.29 is 4.79 Å². The van der Waals surface area contributed by atoms with E-state index in [1.54, 1.807) is 12.4 Å². The predicted octanol–water partition coefficient (Wildman–Crippen LogP) is 2.56. The summed E-state index contributed by atoms with van der Waals surface area (Å²) in [5.41, 5.74) is 1.82. The Kier molecular flexibility index (Phi) is 5.66. The molecule has 1 atom stereocenters. The minimum atomic E-state index is -0.361. The molecule has 7 heteroatoms. The molecule has 0 radical (unpaired) electrons. The summed E-state index contributed by atoms with van der Waals surface area (Å²) in [6, 6.07) is 13.5. The van der Waals surface area contributed by atoms with Crippen LogP contribution in [0.4, 0.5) is 0 Å². The number of rotatable bonds is 6. The Hall–Kier alpha value is -3.11. The third kappa shape index (κ3) is 3.92. The van der Waals surface area contributed by atoms with Crippen LogP contribution in [0.25, 0.3) is 17.1 Å². The molecule has 0 saturated carbocycles. The summed E-state index contributed by atoms with van der Waals surface area (Å²) in [4.78, 5) is 16.2. The molecular formula is C19H17N5OS. The lowest BCUT2D eigenvalue weighted by atomic mass is 10.2. The summed E-state index contributed by atoms with van der Waals surface area (Å²) < 4.78 is 1.94. The van der Waals surface area contributed by atoms with Crippen LogP contribution in [0.3, 0.4) is 0 Å². The number of para-hydroxylation sites is 1. The van der Waals surface area contributed by atoms with Crippen molar-refractivity contribution in [2.24, 2.45) is 0 Å². The topological polar surface area (TPSA) is 72.7 Å². The van der Waals surface area contributed by atoms with Crippen molar-refractivity contribution in [2.75, 3.05) is 6.54 Å². The second-order valence-corrected chi connectivity index (χ2v) is 6.70. The molecule has 130 valence electrons. The van der Waals surface area contributed by atoms with Crippen LogP contribution in [0.2, 0.25) is 0 Å². The molecule has 1 amide bonds. The molecule has 1 N–H and O–H groups in total. The van der Waals surface area contributed by atoms with Gasteiger partial charge in [-0.25, -0.2) is 0 Å². The maximum Gasteiger partial charge on any atom is 0.234 e. The van der Waals surface area contributed by atoms with E-state index in [0.29, 0.717) is 11.0 Å². The van der Waals surface area contributed by atoms with Crippen LogP contribution in [0.5, 0.6) is 0 Å². The summed E-state index contributed by atoms with van der Waals surface area (Å²) in [5, 5.41) is 11.6. The Labute approximate surface area is 156 Å². The van der Waals surface area contributed by atoms with E-state index in [-0.39, 0.29) is 17.7 Å². The Bertz CT molecular complexity index is 918. The first kappa shape index (κ1) is 17.7. The van der Waals surface area contributed by atoms with E-state index in [4.69, 9.17) is 6.42 Å². The van der Waals surface area contributed by atoms with Crippen LogP contribution in [-0.4, -0.2) is 37.5 Å². The van der Waals surface area contributed by atoms with Gasteiger partial charge in [0.25, 0.3) is 0 Å². The number of terminal acetylenes is 1. The second-order valence-electron chi connectivity index (χ2n) is 5.40. The number of nitrogens with one attached hydrogen (secondary N) is 1. The SMILES string of the molecule is C#CCNC(=O)C(C)Sc1nnc(-c2ccncc2)n1-c1ccccc1. The number of hydrogen-bond donors (Lipinski definition) is 1. The van der Waals surface area contributed by atoms with Gasteiger partial charge in [0.1, 0.15) is 0 Å².